The lowest BCUT2D eigenvalue weighted by atomic mass is 10.1. The zero-order chi connectivity index (χ0) is 12.3. The Labute approximate surface area is 105 Å². The van der Waals surface area contributed by atoms with Gasteiger partial charge in [0.2, 0.25) is 11.8 Å². The van der Waals surface area contributed by atoms with Crippen LogP contribution in [-0.2, 0) is 16.0 Å². The van der Waals surface area contributed by atoms with Crippen molar-refractivity contribution in [2.75, 3.05) is 13.1 Å². The van der Waals surface area contributed by atoms with E-state index in [1.165, 1.54) is 4.88 Å². The summed E-state index contributed by atoms with van der Waals surface area (Å²) in [5, 5.41) is 4.65. The normalized spacial score (nSPS) is 18.8. The van der Waals surface area contributed by atoms with E-state index < -0.39 is 0 Å². The van der Waals surface area contributed by atoms with Gasteiger partial charge in [0.15, 0.2) is 0 Å². The molecule has 17 heavy (non-hydrogen) atoms. The Morgan fingerprint density at radius 1 is 1.53 bits per heavy atom. The van der Waals surface area contributed by atoms with Crippen molar-refractivity contribution in [1.82, 2.24) is 10.2 Å². The number of thiophene rings is 1. The number of carbonyl (C=O) groups is 2. The van der Waals surface area contributed by atoms with E-state index in [4.69, 9.17) is 0 Å². The third-order valence-electron chi connectivity index (χ3n) is 2.95. The maximum absolute atomic E-state index is 11.8. The summed E-state index contributed by atoms with van der Waals surface area (Å²) in [5.74, 6) is -0.0240. The van der Waals surface area contributed by atoms with Crippen LogP contribution in [0.2, 0.25) is 0 Å². The number of nitrogens with zero attached hydrogens (tertiary/aromatic N) is 1. The van der Waals surface area contributed by atoms with Crippen molar-refractivity contribution >= 4 is 23.2 Å². The summed E-state index contributed by atoms with van der Waals surface area (Å²) in [7, 11) is 0. The molecule has 2 rings (SSSR count). The second-order valence-corrected chi connectivity index (χ2v) is 5.28. The first-order chi connectivity index (χ1) is 8.16. The van der Waals surface area contributed by atoms with Crippen LogP contribution >= 0.6 is 11.3 Å². The average molecular weight is 252 g/mol. The standard InChI is InChI=1S/C12H16N2O2S/c1-9(7-10-3-2-6-17-10)14-5-4-11(15)13-8-12(14)16/h2-3,6,9H,4-5,7-8H2,1H3,(H,13,15). The van der Waals surface area contributed by atoms with Crippen molar-refractivity contribution < 1.29 is 9.59 Å². The molecule has 1 fully saturated rings. The van der Waals surface area contributed by atoms with Crippen LogP contribution in [0.4, 0.5) is 0 Å². The summed E-state index contributed by atoms with van der Waals surface area (Å²) >= 11 is 1.70. The van der Waals surface area contributed by atoms with Crippen molar-refractivity contribution in [1.29, 1.82) is 0 Å². The van der Waals surface area contributed by atoms with E-state index in [2.05, 4.69) is 11.4 Å². The molecule has 0 aliphatic carbocycles. The molecule has 2 heterocycles. The monoisotopic (exact) mass is 252 g/mol. The molecule has 4 nitrogen and oxygen atoms in total. The SMILES string of the molecule is CC(Cc1cccs1)N1CCC(=O)NCC1=O. The fourth-order valence-electron chi connectivity index (χ4n) is 2.01. The van der Waals surface area contributed by atoms with Gasteiger partial charge in [-0.25, -0.2) is 0 Å². The van der Waals surface area contributed by atoms with Crippen LogP contribution in [0, 0.1) is 0 Å². The van der Waals surface area contributed by atoms with E-state index in [0.29, 0.717) is 13.0 Å². The molecule has 1 unspecified atom stereocenters. The summed E-state index contributed by atoms with van der Waals surface area (Å²) < 4.78 is 0. The van der Waals surface area contributed by atoms with Crippen LogP contribution in [0.5, 0.6) is 0 Å². The highest BCUT2D eigenvalue weighted by atomic mass is 32.1. The van der Waals surface area contributed by atoms with Gasteiger partial charge in [0.1, 0.15) is 0 Å². The molecule has 1 aliphatic rings. The molecular weight excluding hydrogens is 236 g/mol. The lowest BCUT2D eigenvalue weighted by Gasteiger charge is -2.27. The largest absolute Gasteiger partial charge is 0.347 e. The van der Waals surface area contributed by atoms with Gasteiger partial charge in [-0.05, 0) is 18.4 Å². The van der Waals surface area contributed by atoms with Gasteiger partial charge in [-0.1, -0.05) is 6.07 Å². The van der Waals surface area contributed by atoms with Crippen LogP contribution in [0.25, 0.3) is 0 Å². The zero-order valence-corrected chi connectivity index (χ0v) is 10.6. The molecule has 92 valence electrons. The van der Waals surface area contributed by atoms with Crippen LogP contribution in [0.1, 0.15) is 18.2 Å². The Morgan fingerprint density at radius 3 is 3.06 bits per heavy atom. The minimum atomic E-state index is -0.0378. The molecule has 0 radical (unpaired) electrons. The number of hydrogen-bond acceptors (Lipinski definition) is 3. The molecule has 0 aromatic carbocycles. The van der Waals surface area contributed by atoms with Crippen molar-refractivity contribution in [3.8, 4) is 0 Å². The lowest BCUT2D eigenvalue weighted by molar-refractivity contribution is -0.131. The quantitative estimate of drug-likeness (QED) is 0.873. The minimum Gasteiger partial charge on any atom is -0.347 e. The van der Waals surface area contributed by atoms with Crippen LogP contribution in [0.15, 0.2) is 17.5 Å². The van der Waals surface area contributed by atoms with E-state index in [0.717, 1.165) is 6.42 Å². The first-order valence-electron chi connectivity index (χ1n) is 5.75. The van der Waals surface area contributed by atoms with Gasteiger partial charge in [-0.3, -0.25) is 9.59 Å². The summed E-state index contributed by atoms with van der Waals surface area (Å²) in [6.07, 6.45) is 1.26. The second kappa shape index (κ2) is 5.31. The number of carbonyl (C=O) groups excluding carboxylic acids is 2. The summed E-state index contributed by atoms with van der Waals surface area (Å²) in [6, 6.07) is 4.24. The Morgan fingerprint density at radius 2 is 2.35 bits per heavy atom. The average Bonchev–Trinajstić information content (AvgIpc) is 2.73. The van der Waals surface area contributed by atoms with Crippen molar-refractivity contribution in [2.24, 2.45) is 0 Å². The number of nitrogens with one attached hydrogen (secondary N) is 1. The highest BCUT2D eigenvalue weighted by Crippen LogP contribution is 2.15. The number of rotatable bonds is 3. The third kappa shape index (κ3) is 3.06. The molecule has 1 atom stereocenters. The highest BCUT2D eigenvalue weighted by Gasteiger charge is 2.24. The van der Waals surface area contributed by atoms with Crippen LogP contribution in [0.3, 0.4) is 0 Å². The molecule has 1 aromatic rings. The van der Waals surface area contributed by atoms with Crippen LogP contribution in [-0.4, -0.2) is 35.8 Å². The van der Waals surface area contributed by atoms with Gasteiger partial charge in [0.25, 0.3) is 0 Å². The predicted molar refractivity (Wildman–Crippen MR) is 66.8 cm³/mol. The smallest absolute Gasteiger partial charge is 0.242 e. The minimum absolute atomic E-state index is 0.0138. The summed E-state index contributed by atoms with van der Waals surface area (Å²) in [5.41, 5.74) is 0. The van der Waals surface area contributed by atoms with E-state index in [1.807, 2.05) is 18.4 Å². The van der Waals surface area contributed by atoms with Crippen molar-refractivity contribution in [2.45, 2.75) is 25.8 Å². The van der Waals surface area contributed by atoms with Gasteiger partial charge in [-0.2, -0.15) is 0 Å². The molecule has 2 amide bonds. The fourth-order valence-corrected chi connectivity index (χ4v) is 2.83. The Balaban J connectivity index is 1.99. The molecular formula is C12H16N2O2S. The molecule has 0 spiro atoms. The van der Waals surface area contributed by atoms with Crippen molar-refractivity contribution in [3.05, 3.63) is 22.4 Å². The molecule has 1 saturated heterocycles. The van der Waals surface area contributed by atoms with Crippen molar-refractivity contribution in [3.63, 3.8) is 0 Å². The topological polar surface area (TPSA) is 49.4 Å². The van der Waals surface area contributed by atoms with E-state index in [1.54, 1.807) is 16.2 Å². The summed E-state index contributed by atoms with van der Waals surface area (Å²) in [4.78, 5) is 26.1. The molecule has 1 aromatic heterocycles. The molecule has 0 saturated carbocycles. The first-order valence-corrected chi connectivity index (χ1v) is 6.63. The highest BCUT2D eigenvalue weighted by molar-refractivity contribution is 7.09. The maximum atomic E-state index is 11.8. The molecule has 1 N–H and O–H groups in total. The van der Waals surface area contributed by atoms with Gasteiger partial charge >= 0.3 is 0 Å². The Bertz CT molecular complexity index is 403. The van der Waals surface area contributed by atoms with Gasteiger partial charge < -0.3 is 10.2 Å². The molecule has 0 bridgehead atoms. The maximum Gasteiger partial charge on any atom is 0.242 e. The third-order valence-corrected chi connectivity index (χ3v) is 3.84. The Hall–Kier alpha value is -1.36. The van der Waals surface area contributed by atoms with E-state index >= 15 is 0 Å². The second-order valence-electron chi connectivity index (χ2n) is 4.25. The molecule has 5 heteroatoms. The van der Waals surface area contributed by atoms with E-state index in [9.17, 15) is 9.59 Å². The van der Waals surface area contributed by atoms with Gasteiger partial charge in [0.05, 0.1) is 6.54 Å². The van der Waals surface area contributed by atoms with Crippen LogP contribution < -0.4 is 5.32 Å². The van der Waals surface area contributed by atoms with E-state index in [-0.39, 0.29) is 24.4 Å². The number of hydrogen-bond donors (Lipinski definition) is 1. The molecule has 1 aliphatic heterocycles. The number of amides is 2. The Kier molecular flexibility index (Phi) is 3.78. The predicted octanol–water partition coefficient (Wildman–Crippen LogP) is 1.03. The summed E-state index contributed by atoms with van der Waals surface area (Å²) in [6.45, 7) is 2.69. The fraction of sp³-hybridized carbons (Fsp3) is 0.500. The zero-order valence-electron chi connectivity index (χ0n) is 9.81. The van der Waals surface area contributed by atoms with Gasteiger partial charge in [0, 0.05) is 30.3 Å². The van der Waals surface area contributed by atoms with Gasteiger partial charge in [-0.15, -0.1) is 11.3 Å². The lowest BCUT2D eigenvalue weighted by Crippen LogP contribution is -2.42. The first kappa shape index (κ1) is 12.1.